The van der Waals surface area contributed by atoms with E-state index in [1.807, 2.05) is 24.3 Å². The molecule has 1 fully saturated rings. The van der Waals surface area contributed by atoms with Crippen LogP contribution in [0.25, 0.3) is 11.5 Å². The third kappa shape index (κ3) is 5.53. The first kappa shape index (κ1) is 22.4. The number of nitrogens with one attached hydrogen (secondary N) is 1. The quantitative estimate of drug-likeness (QED) is 0.582. The van der Waals surface area contributed by atoms with E-state index in [1.165, 1.54) is 0 Å². The standard InChI is InChI=1S/C23H27N5O5/c1-30-18-6-4-16(5-7-18)22-25-21(26-33-22)15-27-8-10-28(11-9-27)23(29)24-17-12-19(31-2)14-20(13-17)32-3/h4-7,12-14H,8-11,15H2,1-3H3,(H,24,29). The summed E-state index contributed by atoms with van der Waals surface area (Å²) >= 11 is 0. The summed E-state index contributed by atoms with van der Waals surface area (Å²) in [4.78, 5) is 21.2. The maximum absolute atomic E-state index is 12.7. The Kier molecular flexibility index (Phi) is 6.94. The van der Waals surface area contributed by atoms with Crippen molar-refractivity contribution in [3.63, 3.8) is 0 Å². The molecule has 0 unspecified atom stereocenters. The number of rotatable bonds is 7. The van der Waals surface area contributed by atoms with E-state index >= 15 is 0 Å². The van der Waals surface area contributed by atoms with E-state index in [2.05, 4.69) is 20.4 Å². The number of hydrogen-bond donors (Lipinski definition) is 1. The lowest BCUT2D eigenvalue weighted by atomic mass is 10.2. The Balaban J connectivity index is 1.29. The lowest BCUT2D eigenvalue weighted by Crippen LogP contribution is -2.49. The van der Waals surface area contributed by atoms with Crippen molar-refractivity contribution < 1.29 is 23.5 Å². The van der Waals surface area contributed by atoms with Crippen LogP contribution in [-0.4, -0.2) is 73.5 Å². The highest BCUT2D eigenvalue weighted by atomic mass is 16.5. The number of piperazine rings is 1. The van der Waals surface area contributed by atoms with Gasteiger partial charge in [-0.05, 0) is 24.3 Å². The van der Waals surface area contributed by atoms with Crippen molar-refractivity contribution in [1.82, 2.24) is 19.9 Å². The molecule has 4 rings (SSSR count). The van der Waals surface area contributed by atoms with Crippen LogP contribution >= 0.6 is 0 Å². The molecule has 0 spiro atoms. The molecule has 174 valence electrons. The van der Waals surface area contributed by atoms with E-state index in [1.54, 1.807) is 44.4 Å². The number of carbonyl (C=O) groups excluding carboxylic acids is 1. The Hall–Kier alpha value is -3.79. The summed E-state index contributed by atoms with van der Waals surface area (Å²) in [5, 5.41) is 7.01. The first-order valence-corrected chi connectivity index (χ1v) is 10.6. The average Bonchev–Trinajstić information content (AvgIpc) is 3.32. The highest BCUT2D eigenvalue weighted by Crippen LogP contribution is 2.26. The molecule has 0 radical (unpaired) electrons. The number of urea groups is 1. The molecular weight excluding hydrogens is 426 g/mol. The molecule has 0 atom stereocenters. The van der Waals surface area contributed by atoms with Crippen molar-refractivity contribution in [2.75, 3.05) is 52.8 Å². The van der Waals surface area contributed by atoms with E-state index in [0.717, 1.165) is 11.3 Å². The molecular formula is C23H27N5O5. The predicted molar refractivity (Wildman–Crippen MR) is 122 cm³/mol. The molecule has 1 N–H and O–H groups in total. The van der Waals surface area contributed by atoms with Gasteiger partial charge in [0.2, 0.25) is 0 Å². The second kappa shape index (κ2) is 10.2. The zero-order valence-corrected chi connectivity index (χ0v) is 18.9. The minimum absolute atomic E-state index is 0.161. The molecule has 1 aliphatic heterocycles. The van der Waals surface area contributed by atoms with Crippen LogP contribution in [0, 0.1) is 0 Å². The van der Waals surface area contributed by atoms with E-state index in [-0.39, 0.29) is 6.03 Å². The number of carbonyl (C=O) groups is 1. The van der Waals surface area contributed by atoms with Crippen LogP contribution in [0.1, 0.15) is 5.82 Å². The fourth-order valence-electron chi connectivity index (χ4n) is 3.56. The van der Waals surface area contributed by atoms with Crippen molar-refractivity contribution in [1.29, 1.82) is 0 Å². The van der Waals surface area contributed by atoms with Gasteiger partial charge in [-0.1, -0.05) is 5.16 Å². The Morgan fingerprint density at radius 3 is 2.18 bits per heavy atom. The van der Waals surface area contributed by atoms with Gasteiger partial charge in [-0.2, -0.15) is 4.98 Å². The van der Waals surface area contributed by atoms with Gasteiger partial charge in [0.25, 0.3) is 5.89 Å². The molecule has 2 amide bonds. The minimum atomic E-state index is -0.161. The average molecular weight is 453 g/mol. The minimum Gasteiger partial charge on any atom is -0.497 e. The predicted octanol–water partition coefficient (Wildman–Crippen LogP) is 3.11. The van der Waals surface area contributed by atoms with Crippen molar-refractivity contribution in [3.8, 4) is 28.7 Å². The number of ether oxygens (including phenoxy) is 3. The molecule has 1 saturated heterocycles. The molecule has 10 nitrogen and oxygen atoms in total. The summed E-state index contributed by atoms with van der Waals surface area (Å²) in [6.07, 6.45) is 0. The van der Waals surface area contributed by atoms with Gasteiger partial charge in [-0.25, -0.2) is 4.79 Å². The summed E-state index contributed by atoms with van der Waals surface area (Å²) in [7, 11) is 4.77. The van der Waals surface area contributed by atoms with Crippen molar-refractivity contribution >= 4 is 11.7 Å². The maximum Gasteiger partial charge on any atom is 0.321 e. The van der Waals surface area contributed by atoms with Gasteiger partial charge in [0, 0.05) is 55.6 Å². The molecule has 3 aromatic rings. The number of hydrogen-bond acceptors (Lipinski definition) is 8. The van der Waals surface area contributed by atoms with Crippen LogP contribution in [-0.2, 0) is 6.54 Å². The second-order valence-electron chi connectivity index (χ2n) is 7.54. The fourth-order valence-corrected chi connectivity index (χ4v) is 3.56. The molecule has 2 aromatic carbocycles. The van der Waals surface area contributed by atoms with Gasteiger partial charge in [-0.15, -0.1) is 0 Å². The van der Waals surface area contributed by atoms with Gasteiger partial charge in [0.1, 0.15) is 17.2 Å². The smallest absolute Gasteiger partial charge is 0.321 e. The fraction of sp³-hybridized carbons (Fsp3) is 0.348. The van der Waals surface area contributed by atoms with Crippen LogP contribution in [0.15, 0.2) is 47.0 Å². The van der Waals surface area contributed by atoms with E-state index < -0.39 is 0 Å². The second-order valence-corrected chi connectivity index (χ2v) is 7.54. The Bertz CT molecular complexity index is 1050. The third-order valence-corrected chi connectivity index (χ3v) is 5.43. The normalized spacial score (nSPS) is 14.1. The van der Waals surface area contributed by atoms with Crippen molar-refractivity contribution in [3.05, 3.63) is 48.3 Å². The molecule has 1 aliphatic rings. The molecule has 1 aromatic heterocycles. The van der Waals surface area contributed by atoms with Gasteiger partial charge in [0.05, 0.1) is 27.9 Å². The Labute approximate surface area is 192 Å². The number of amides is 2. The van der Waals surface area contributed by atoms with Crippen LogP contribution in [0.2, 0.25) is 0 Å². The molecule has 10 heteroatoms. The van der Waals surface area contributed by atoms with E-state index in [9.17, 15) is 4.79 Å². The first-order valence-electron chi connectivity index (χ1n) is 10.6. The van der Waals surface area contributed by atoms with Crippen LogP contribution < -0.4 is 19.5 Å². The highest BCUT2D eigenvalue weighted by molar-refractivity contribution is 5.90. The Morgan fingerprint density at radius 1 is 0.939 bits per heavy atom. The highest BCUT2D eigenvalue weighted by Gasteiger charge is 2.23. The van der Waals surface area contributed by atoms with Crippen molar-refractivity contribution in [2.24, 2.45) is 0 Å². The lowest BCUT2D eigenvalue weighted by Gasteiger charge is -2.34. The summed E-state index contributed by atoms with van der Waals surface area (Å²) in [6.45, 7) is 3.16. The molecule has 0 saturated carbocycles. The number of benzene rings is 2. The zero-order valence-electron chi connectivity index (χ0n) is 18.9. The topological polar surface area (TPSA) is 102 Å². The monoisotopic (exact) mass is 453 g/mol. The van der Waals surface area contributed by atoms with Crippen molar-refractivity contribution in [2.45, 2.75) is 6.54 Å². The van der Waals surface area contributed by atoms with Crippen LogP contribution in [0.4, 0.5) is 10.5 Å². The number of aromatic nitrogens is 2. The number of methoxy groups -OCH3 is 3. The first-order chi connectivity index (χ1) is 16.1. The van der Waals surface area contributed by atoms with Gasteiger partial charge < -0.3 is 29.0 Å². The molecule has 0 aliphatic carbocycles. The summed E-state index contributed by atoms with van der Waals surface area (Å²) in [5.74, 6) is 3.08. The van der Waals surface area contributed by atoms with E-state index in [0.29, 0.717) is 61.6 Å². The van der Waals surface area contributed by atoms with Crippen LogP contribution in [0.3, 0.4) is 0 Å². The SMILES string of the molecule is COc1ccc(-c2nc(CN3CCN(C(=O)Nc4cc(OC)cc(OC)c4)CC3)no2)cc1. The molecule has 0 bridgehead atoms. The summed E-state index contributed by atoms with van der Waals surface area (Å²) < 4.78 is 21.1. The number of nitrogens with zero attached hydrogens (tertiary/aromatic N) is 4. The largest absolute Gasteiger partial charge is 0.497 e. The summed E-state index contributed by atoms with van der Waals surface area (Å²) in [6, 6.07) is 12.6. The van der Waals surface area contributed by atoms with Gasteiger partial charge >= 0.3 is 6.03 Å². The maximum atomic E-state index is 12.7. The van der Waals surface area contributed by atoms with Gasteiger partial charge in [0.15, 0.2) is 5.82 Å². The Morgan fingerprint density at radius 2 is 1.58 bits per heavy atom. The lowest BCUT2D eigenvalue weighted by molar-refractivity contribution is 0.140. The zero-order chi connectivity index (χ0) is 23.2. The van der Waals surface area contributed by atoms with E-state index in [4.69, 9.17) is 18.7 Å². The molecule has 2 heterocycles. The summed E-state index contributed by atoms with van der Waals surface area (Å²) in [5.41, 5.74) is 1.46. The molecule has 33 heavy (non-hydrogen) atoms. The number of anilines is 1. The van der Waals surface area contributed by atoms with Gasteiger partial charge in [-0.3, -0.25) is 4.90 Å². The van der Waals surface area contributed by atoms with Crippen LogP contribution in [0.5, 0.6) is 17.2 Å². The third-order valence-electron chi connectivity index (χ3n) is 5.43.